The first-order chi connectivity index (χ1) is 20.3. The van der Waals surface area contributed by atoms with Gasteiger partial charge >= 0.3 is 5.97 Å². The molecule has 1 unspecified atom stereocenters. The van der Waals surface area contributed by atoms with Crippen LogP contribution in [0.4, 0.5) is 0 Å². The molecule has 0 radical (unpaired) electrons. The van der Waals surface area contributed by atoms with Gasteiger partial charge in [0.2, 0.25) is 0 Å². The van der Waals surface area contributed by atoms with Gasteiger partial charge in [-0.05, 0) is 99.8 Å². The van der Waals surface area contributed by atoms with E-state index < -0.39 is 36.5 Å². The minimum absolute atomic E-state index is 0.0544. The molecule has 2 aromatic rings. The number of carbonyl (C=O) groups is 1. The third kappa shape index (κ3) is 9.89. The molecule has 0 fully saturated rings. The summed E-state index contributed by atoms with van der Waals surface area (Å²) < 4.78 is 47.8. The molecule has 1 aromatic heterocycles. The lowest BCUT2D eigenvalue weighted by Crippen LogP contribution is -2.49. The second-order valence-corrected chi connectivity index (χ2v) is 23.6. The van der Waals surface area contributed by atoms with Gasteiger partial charge in [0.1, 0.15) is 28.7 Å². The fourth-order valence-electron chi connectivity index (χ4n) is 4.98. The van der Waals surface area contributed by atoms with E-state index in [1.165, 1.54) is 11.3 Å². The third-order valence-corrected chi connectivity index (χ3v) is 16.9. The van der Waals surface area contributed by atoms with E-state index in [4.69, 9.17) is 13.9 Å². The lowest BCUT2D eigenvalue weighted by molar-refractivity contribution is -0.153. The number of aryl methyl sites for hydroxylation is 2. The Hall–Kier alpha value is -1.72. The Balaban J connectivity index is 2.37. The van der Waals surface area contributed by atoms with Gasteiger partial charge in [-0.1, -0.05) is 67.5 Å². The molecule has 0 aliphatic carbocycles. The van der Waals surface area contributed by atoms with Crippen molar-refractivity contribution < 1.29 is 27.1 Å². The van der Waals surface area contributed by atoms with Gasteiger partial charge in [-0.2, -0.15) is 4.72 Å². The molecule has 0 aliphatic heterocycles. The van der Waals surface area contributed by atoms with E-state index in [9.17, 15) is 13.2 Å². The maximum Gasteiger partial charge on any atom is 0.321 e. The van der Waals surface area contributed by atoms with Crippen molar-refractivity contribution in [3.63, 3.8) is 0 Å². The Morgan fingerprint density at radius 1 is 0.933 bits per heavy atom. The molecular weight excluding hydrogens is 623 g/mol. The highest BCUT2D eigenvalue weighted by Crippen LogP contribution is 2.45. The summed E-state index contributed by atoms with van der Waals surface area (Å²) in [6.45, 7) is 31.3. The van der Waals surface area contributed by atoms with Gasteiger partial charge in [-0.15, -0.1) is 11.3 Å². The Labute approximate surface area is 279 Å². The molecule has 1 aromatic carbocycles. The molecule has 7 nitrogen and oxygen atoms in total. The zero-order valence-electron chi connectivity index (χ0n) is 30.5. The van der Waals surface area contributed by atoms with Crippen LogP contribution in [0.5, 0.6) is 5.75 Å². The van der Waals surface area contributed by atoms with Crippen molar-refractivity contribution in [2.45, 2.75) is 142 Å². The zero-order valence-corrected chi connectivity index (χ0v) is 33.1. The molecule has 1 N–H and O–H groups in total. The van der Waals surface area contributed by atoms with Gasteiger partial charge in [-0.25, -0.2) is 8.42 Å². The number of hydrogen-bond donors (Lipinski definition) is 1. The van der Waals surface area contributed by atoms with Crippen molar-refractivity contribution in [2.75, 3.05) is 13.2 Å². The van der Waals surface area contributed by atoms with E-state index in [0.717, 1.165) is 34.6 Å². The molecule has 1 heterocycles. The highest BCUT2D eigenvalue weighted by Gasteiger charge is 2.42. The summed E-state index contributed by atoms with van der Waals surface area (Å²) in [7, 11) is -5.90. The van der Waals surface area contributed by atoms with Crippen molar-refractivity contribution in [2.24, 2.45) is 5.41 Å². The monoisotopic (exact) mass is 681 g/mol. The SMILES string of the molecule is CCC(CC)(c1ccc(OCC(O[Si](C)(C)C(C)(C)C)C(C)(C)C)c(C)c1)c1cc(C)c(S(=O)(=O)NCC(=O)OC(C)(C)C)s1. The molecule has 0 bridgehead atoms. The number of ether oxygens (including phenoxy) is 2. The topological polar surface area (TPSA) is 90.9 Å². The number of nitrogens with one attached hydrogen (secondary N) is 1. The highest BCUT2D eigenvalue weighted by molar-refractivity contribution is 7.91. The maximum absolute atomic E-state index is 13.3. The summed E-state index contributed by atoms with van der Waals surface area (Å²) in [4.78, 5) is 13.2. The summed E-state index contributed by atoms with van der Waals surface area (Å²) in [6, 6.07) is 8.30. The standard InChI is InChI=1S/C35H59NO6S2Si/c1-16-35(17-2,29-21-25(4)31(43-29)44(38,39)36-22-30(37)41-33(8,9)10)26-18-19-27(24(3)20-26)40-23-28(32(5,6)7)42-45(14,15)34(11,12)13/h18-21,28,36H,16-17,22-23H2,1-15H3. The lowest BCUT2D eigenvalue weighted by Gasteiger charge is -2.43. The van der Waals surface area contributed by atoms with Gasteiger partial charge in [0.05, 0.1) is 6.10 Å². The molecule has 0 saturated heterocycles. The van der Waals surface area contributed by atoms with Gasteiger partial charge in [0, 0.05) is 10.3 Å². The van der Waals surface area contributed by atoms with E-state index in [2.05, 4.69) is 92.3 Å². The molecule has 0 saturated carbocycles. The van der Waals surface area contributed by atoms with E-state index in [0.29, 0.717) is 12.2 Å². The fraction of sp³-hybridized carbons (Fsp3) is 0.686. The van der Waals surface area contributed by atoms with Crippen LogP contribution in [0.25, 0.3) is 0 Å². The number of hydrogen-bond acceptors (Lipinski definition) is 7. The molecule has 256 valence electrons. The van der Waals surface area contributed by atoms with Gasteiger partial charge in [0.15, 0.2) is 8.32 Å². The number of rotatable bonds is 13. The number of sulfonamides is 1. The van der Waals surface area contributed by atoms with Crippen LogP contribution in [-0.2, 0) is 29.4 Å². The average molecular weight is 682 g/mol. The summed E-state index contributed by atoms with van der Waals surface area (Å²) in [5.74, 6) is 0.208. The van der Waals surface area contributed by atoms with Crippen LogP contribution in [0, 0.1) is 19.3 Å². The first-order valence-electron chi connectivity index (χ1n) is 16.0. The predicted octanol–water partition coefficient (Wildman–Crippen LogP) is 8.91. The summed E-state index contributed by atoms with van der Waals surface area (Å²) in [6.07, 6.45) is 1.53. The Morgan fingerprint density at radius 3 is 1.98 bits per heavy atom. The molecule has 45 heavy (non-hydrogen) atoms. The molecule has 1 atom stereocenters. The first kappa shape index (κ1) is 39.5. The second kappa shape index (κ2) is 14.2. The maximum atomic E-state index is 13.3. The second-order valence-electron chi connectivity index (χ2n) is 15.8. The normalized spacial score (nSPS) is 14.4. The van der Waals surface area contributed by atoms with Crippen molar-refractivity contribution in [1.82, 2.24) is 4.72 Å². The smallest absolute Gasteiger partial charge is 0.321 e. The number of carbonyl (C=O) groups excluding carboxylic acids is 1. The molecule has 10 heteroatoms. The predicted molar refractivity (Wildman–Crippen MR) is 190 cm³/mol. The molecule has 0 spiro atoms. The van der Waals surface area contributed by atoms with Gasteiger partial charge in [-0.3, -0.25) is 4.79 Å². The van der Waals surface area contributed by atoms with E-state index in [-0.39, 0.29) is 26.2 Å². The Bertz CT molecular complexity index is 1420. The zero-order chi connectivity index (χ0) is 34.8. The minimum Gasteiger partial charge on any atom is -0.491 e. The molecule has 2 rings (SSSR count). The molecule has 0 amide bonds. The van der Waals surface area contributed by atoms with Crippen LogP contribution < -0.4 is 9.46 Å². The summed E-state index contributed by atoms with van der Waals surface area (Å²) in [5, 5.41) is 0.102. The number of thiophene rings is 1. The Morgan fingerprint density at radius 2 is 1.51 bits per heavy atom. The number of benzene rings is 1. The van der Waals surface area contributed by atoms with Crippen molar-refractivity contribution in [3.8, 4) is 5.75 Å². The Kier molecular flexibility index (Phi) is 12.4. The molecular formula is C35H59NO6S2Si. The van der Waals surface area contributed by atoms with Crippen LogP contribution in [0.3, 0.4) is 0 Å². The van der Waals surface area contributed by atoms with Gasteiger partial charge < -0.3 is 13.9 Å². The van der Waals surface area contributed by atoms with E-state index >= 15 is 0 Å². The van der Waals surface area contributed by atoms with Gasteiger partial charge in [0.25, 0.3) is 10.0 Å². The minimum atomic E-state index is -3.91. The lowest BCUT2D eigenvalue weighted by atomic mass is 9.74. The summed E-state index contributed by atoms with van der Waals surface area (Å²) >= 11 is 1.27. The first-order valence-corrected chi connectivity index (χ1v) is 21.2. The van der Waals surface area contributed by atoms with E-state index in [1.807, 2.05) is 12.1 Å². The van der Waals surface area contributed by atoms with Crippen LogP contribution in [0.15, 0.2) is 28.5 Å². The average Bonchev–Trinajstić information content (AvgIpc) is 3.28. The van der Waals surface area contributed by atoms with Crippen LogP contribution in [-0.4, -0.2) is 47.6 Å². The van der Waals surface area contributed by atoms with Crippen LogP contribution >= 0.6 is 11.3 Å². The van der Waals surface area contributed by atoms with Crippen molar-refractivity contribution in [3.05, 3.63) is 45.8 Å². The molecule has 0 aliphatic rings. The van der Waals surface area contributed by atoms with Crippen molar-refractivity contribution >= 4 is 35.6 Å². The third-order valence-electron chi connectivity index (χ3n) is 8.95. The van der Waals surface area contributed by atoms with Crippen LogP contribution in [0.2, 0.25) is 18.1 Å². The quantitative estimate of drug-likeness (QED) is 0.168. The number of esters is 1. The van der Waals surface area contributed by atoms with E-state index in [1.54, 1.807) is 27.7 Å². The largest absolute Gasteiger partial charge is 0.491 e. The highest BCUT2D eigenvalue weighted by atomic mass is 32.2. The summed E-state index contributed by atoms with van der Waals surface area (Å²) in [5.41, 5.74) is 1.65. The van der Waals surface area contributed by atoms with Crippen LogP contribution in [0.1, 0.15) is 111 Å². The fourth-order valence-corrected chi connectivity index (χ4v) is 9.53. The van der Waals surface area contributed by atoms with Crippen molar-refractivity contribution in [1.29, 1.82) is 0 Å².